The van der Waals surface area contributed by atoms with E-state index in [1.54, 1.807) is 25.1 Å². The third kappa shape index (κ3) is 3.47. The Hall–Kier alpha value is -4.14. The number of aliphatic hydroxyl groups is 1. The van der Waals surface area contributed by atoms with Gasteiger partial charge in [0.05, 0.1) is 25.8 Å². The molecule has 1 saturated heterocycles. The number of Topliss-reactive ketones (excluding diaryl/α,β-unsaturated/α-hetero) is 1. The van der Waals surface area contributed by atoms with Gasteiger partial charge in [0.1, 0.15) is 17.3 Å². The van der Waals surface area contributed by atoms with Crippen LogP contribution in [0, 0.1) is 12.7 Å². The molecular formula is C23H19FN2O6. The molecule has 164 valence electrons. The van der Waals surface area contributed by atoms with Gasteiger partial charge in [0.15, 0.2) is 17.3 Å². The second-order valence-corrected chi connectivity index (χ2v) is 7.09. The molecule has 0 bridgehead atoms. The molecule has 1 N–H and O–H groups in total. The van der Waals surface area contributed by atoms with E-state index in [9.17, 15) is 19.1 Å². The van der Waals surface area contributed by atoms with Crippen LogP contribution < -0.4 is 14.4 Å². The molecule has 32 heavy (non-hydrogen) atoms. The summed E-state index contributed by atoms with van der Waals surface area (Å²) in [5.41, 5.74) is 0.479. The topological polar surface area (TPSA) is 102 Å². The highest BCUT2D eigenvalue weighted by Crippen LogP contribution is 2.43. The van der Waals surface area contributed by atoms with Crippen LogP contribution in [-0.2, 0) is 9.59 Å². The highest BCUT2D eigenvalue weighted by molar-refractivity contribution is 6.51. The summed E-state index contributed by atoms with van der Waals surface area (Å²) < 4.78 is 29.1. The first-order valence-electron chi connectivity index (χ1n) is 9.58. The molecule has 1 aliphatic heterocycles. The van der Waals surface area contributed by atoms with E-state index >= 15 is 0 Å². The molecule has 1 amide bonds. The van der Waals surface area contributed by atoms with Gasteiger partial charge in [-0.1, -0.05) is 11.2 Å². The Bertz CT molecular complexity index is 1230. The maximum absolute atomic E-state index is 13.4. The molecule has 1 aliphatic rings. The first-order valence-corrected chi connectivity index (χ1v) is 9.58. The van der Waals surface area contributed by atoms with E-state index < -0.39 is 29.3 Å². The molecule has 8 nitrogen and oxygen atoms in total. The molecule has 1 fully saturated rings. The number of carbonyl (C=O) groups excluding carboxylic acids is 2. The second-order valence-electron chi connectivity index (χ2n) is 7.09. The lowest BCUT2D eigenvalue weighted by Crippen LogP contribution is -2.29. The van der Waals surface area contributed by atoms with Crippen molar-refractivity contribution in [1.29, 1.82) is 0 Å². The summed E-state index contributed by atoms with van der Waals surface area (Å²) in [7, 11) is 2.94. The second kappa shape index (κ2) is 8.18. The van der Waals surface area contributed by atoms with Crippen molar-refractivity contribution in [3.63, 3.8) is 0 Å². The Morgan fingerprint density at radius 3 is 2.34 bits per heavy atom. The molecule has 0 saturated carbocycles. The molecule has 3 aromatic rings. The first kappa shape index (κ1) is 21.1. The van der Waals surface area contributed by atoms with Crippen LogP contribution in [0.3, 0.4) is 0 Å². The van der Waals surface area contributed by atoms with Gasteiger partial charge in [0.25, 0.3) is 5.78 Å². The van der Waals surface area contributed by atoms with Gasteiger partial charge in [-0.05, 0) is 48.9 Å². The van der Waals surface area contributed by atoms with Gasteiger partial charge >= 0.3 is 5.91 Å². The van der Waals surface area contributed by atoms with Gasteiger partial charge < -0.3 is 19.1 Å². The number of anilines is 1. The van der Waals surface area contributed by atoms with Crippen molar-refractivity contribution in [1.82, 2.24) is 5.16 Å². The largest absolute Gasteiger partial charge is 0.507 e. The van der Waals surface area contributed by atoms with E-state index in [2.05, 4.69) is 5.16 Å². The molecular weight excluding hydrogens is 419 g/mol. The van der Waals surface area contributed by atoms with E-state index in [4.69, 9.17) is 14.0 Å². The minimum Gasteiger partial charge on any atom is -0.507 e. The summed E-state index contributed by atoms with van der Waals surface area (Å²) in [5.74, 6) is -1.37. The van der Waals surface area contributed by atoms with Gasteiger partial charge in [-0.2, -0.15) is 0 Å². The van der Waals surface area contributed by atoms with E-state index in [0.717, 1.165) is 17.0 Å². The van der Waals surface area contributed by atoms with Gasteiger partial charge in [-0.25, -0.2) is 4.39 Å². The van der Waals surface area contributed by atoms with Gasteiger partial charge in [0, 0.05) is 11.6 Å². The predicted octanol–water partition coefficient (Wildman–Crippen LogP) is 3.77. The molecule has 1 atom stereocenters. The number of hydrogen-bond donors (Lipinski definition) is 1. The van der Waals surface area contributed by atoms with Crippen molar-refractivity contribution in [3.05, 3.63) is 76.8 Å². The molecule has 0 aliphatic carbocycles. The molecule has 1 unspecified atom stereocenters. The van der Waals surface area contributed by atoms with Crippen LogP contribution in [0.2, 0.25) is 0 Å². The molecule has 0 spiro atoms. The Balaban J connectivity index is 1.95. The molecule has 2 aromatic carbocycles. The van der Waals surface area contributed by atoms with Gasteiger partial charge in [0.2, 0.25) is 0 Å². The number of ketones is 1. The lowest BCUT2D eigenvalue weighted by atomic mass is 9.95. The Morgan fingerprint density at radius 2 is 1.75 bits per heavy atom. The third-order valence-corrected chi connectivity index (χ3v) is 5.15. The lowest BCUT2D eigenvalue weighted by Gasteiger charge is -2.23. The minimum absolute atomic E-state index is 0.113. The van der Waals surface area contributed by atoms with Crippen molar-refractivity contribution in [2.75, 3.05) is 19.1 Å². The Labute approximate surface area is 182 Å². The van der Waals surface area contributed by atoms with E-state index in [1.165, 1.54) is 32.4 Å². The van der Waals surface area contributed by atoms with E-state index in [1.807, 2.05) is 0 Å². The number of amides is 1. The molecule has 4 rings (SSSR count). The fourth-order valence-electron chi connectivity index (χ4n) is 3.64. The first-order chi connectivity index (χ1) is 15.3. The number of methoxy groups -OCH3 is 2. The summed E-state index contributed by atoms with van der Waals surface area (Å²) in [6.07, 6.45) is 0. The number of aromatic nitrogens is 1. The van der Waals surface area contributed by atoms with Crippen molar-refractivity contribution in [3.8, 4) is 11.5 Å². The smallest absolute Gasteiger partial charge is 0.301 e. The molecule has 2 heterocycles. The normalized spacial score (nSPS) is 17.6. The average Bonchev–Trinajstić information content (AvgIpc) is 3.34. The highest BCUT2D eigenvalue weighted by Gasteiger charge is 2.48. The zero-order valence-electron chi connectivity index (χ0n) is 17.5. The van der Waals surface area contributed by atoms with Gasteiger partial charge in [-0.3, -0.25) is 14.5 Å². The zero-order valence-corrected chi connectivity index (χ0v) is 17.5. The fraction of sp³-hybridized carbons (Fsp3) is 0.174. The molecule has 9 heteroatoms. The summed E-state index contributed by atoms with van der Waals surface area (Å²) in [6.45, 7) is 1.65. The standard InChI is InChI=1S/C23H19FN2O6/c1-12-10-18(25-32-12)26-20(14-6-9-16(30-2)17(11-14)31-3)19(22(28)23(26)29)21(27)13-4-7-15(24)8-5-13/h4-11,20,27H,1-3H3/b21-19+. The van der Waals surface area contributed by atoms with Crippen LogP contribution in [0.25, 0.3) is 5.76 Å². The highest BCUT2D eigenvalue weighted by atomic mass is 19.1. The summed E-state index contributed by atoms with van der Waals surface area (Å²) in [5, 5.41) is 14.9. The Morgan fingerprint density at radius 1 is 1.06 bits per heavy atom. The lowest BCUT2D eigenvalue weighted by molar-refractivity contribution is -0.132. The number of hydrogen-bond acceptors (Lipinski definition) is 7. The van der Waals surface area contributed by atoms with Crippen LogP contribution in [-0.4, -0.2) is 36.2 Å². The average molecular weight is 438 g/mol. The third-order valence-electron chi connectivity index (χ3n) is 5.15. The summed E-state index contributed by atoms with van der Waals surface area (Å²) >= 11 is 0. The maximum Gasteiger partial charge on any atom is 0.301 e. The van der Waals surface area contributed by atoms with E-state index in [-0.39, 0.29) is 17.0 Å². The number of carbonyl (C=O) groups is 2. The van der Waals surface area contributed by atoms with Crippen LogP contribution in [0.15, 0.2) is 58.6 Å². The predicted molar refractivity (Wildman–Crippen MR) is 112 cm³/mol. The summed E-state index contributed by atoms with van der Waals surface area (Å²) in [4.78, 5) is 27.2. The summed E-state index contributed by atoms with van der Waals surface area (Å²) in [6, 6.07) is 10.3. The quantitative estimate of drug-likeness (QED) is 0.368. The number of rotatable bonds is 5. The number of ether oxygens (including phenoxy) is 2. The van der Waals surface area contributed by atoms with Crippen LogP contribution in [0.4, 0.5) is 10.2 Å². The number of aryl methyl sites for hydroxylation is 1. The monoisotopic (exact) mass is 438 g/mol. The van der Waals surface area contributed by atoms with Crippen LogP contribution in [0.5, 0.6) is 11.5 Å². The zero-order chi connectivity index (χ0) is 23.0. The SMILES string of the molecule is COc1ccc(C2/C(=C(\O)c3ccc(F)cc3)C(=O)C(=O)N2c2cc(C)on2)cc1OC. The maximum atomic E-state index is 13.4. The molecule has 1 aromatic heterocycles. The van der Waals surface area contributed by atoms with Crippen molar-refractivity contribution < 1.29 is 33.1 Å². The van der Waals surface area contributed by atoms with Crippen molar-refractivity contribution in [2.24, 2.45) is 0 Å². The Kier molecular flexibility index (Phi) is 5.40. The number of benzene rings is 2. The van der Waals surface area contributed by atoms with Crippen molar-refractivity contribution in [2.45, 2.75) is 13.0 Å². The fourth-order valence-corrected chi connectivity index (χ4v) is 3.64. The number of aliphatic hydroxyl groups excluding tert-OH is 1. The van der Waals surface area contributed by atoms with Crippen molar-refractivity contribution >= 4 is 23.3 Å². The minimum atomic E-state index is -1.04. The molecule has 0 radical (unpaired) electrons. The number of nitrogens with zero attached hydrogens (tertiary/aromatic N) is 2. The van der Waals surface area contributed by atoms with Gasteiger partial charge in [-0.15, -0.1) is 0 Å². The number of halogens is 1. The van der Waals surface area contributed by atoms with E-state index in [0.29, 0.717) is 22.8 Å². The van der Waals surface area contributed by atoms with Crippen LogP contribution in [0.1, 0.15) is 22.9 Å². The van der Waals surface area contributed by atoms with Crippen LogP contribution >= 0.6 is 0 Å².